The SMILES string of the molecule is CC(=O)C(=Cc1sc(N)nc1C)CNc1ccc(S(=O)(=O)O)cc1. The van der Waals surface area contributed by atoms with Gasteiger partial charge in [-0.15, -0.1) is 0 Å². The van der Waals surface area contributed by atoms with E-state index in [-0.39, 0.29) is 17.2 Å². The fourth-order valence-corrected chi connectivity index (χ4v) is 3.22. The number of nitrogen functional groups attached to an aromatic ring is 1. The standard InChI is InChI=1S/C15H17N3O4S2/c1-9-14(23-15(16)18-9)7-11(10(2)19)8-17-12-3-5-13(6-4-12)24(20,21)22/h3-7,17H,8H2,1-2H3,(H2,16,18)(H,20,21,22). The third-order valence-electron chi connectivity index (χ3n) is 3.24. The molecule has 0 aliphatic rings. The third kappa shape index (κ3) is 4.63. The fourth-order valence-electron chi connectivity index (χ4n) is 1.94. The van der Waals surface area contributed by atoms with Gasteiger partial charge in [0.15, 0.2) is 10.9 Å². The molecule has 0 saturated carbocycles. The van der Waals surface area contributed by atoms with Gasteiger partial charge in [0, 0.05) is 17.8 Å². The molecule has 128 valence electrons. The Balaban J connectivity index is 2.15. The molecule has 0 amide bonds. The van der Waals surface area contributed by atoms with E-state index in [9.17, 15) is 13.2 Å². The van der Waals surface area contributed by atoms with Crippen LogP contribution in [-0.2, 0) is 14.9 Å². The Morgan fingerprint density at radius 2 is 2.00 bits per heavy atom. The number of rotatable bonds is 6. The number of Topliss-reactive ketones (excluding diaryl/α,β-unsaturated/α-hetero) is 1. The summed E-state index contributed by atoms with van der Waals surface area (Å²) in [5.74, 6) is -0.0940. The van der Waals surface area contributed by atoms with E-state index < -0.39 is 10.1 Å². The summed E-state index contributed by atoms with van der Waals surface area (Å²) in [6, 6.07) is 5.58. The number of nitrogens with one attached hydrogen (secondary N) is 1. The van der Waals surface area contributed by atoms with Crippen molar-refractivity contribution in [2.75, 3.05) is 17.6 Å². The summed E-state index contributed by atoms with van der Waals surface area (Å²) in [4.78, 5) is 16.6. The van der Waals surface area contributed by atoms with Crippen molar-refractivity contribution in [3.8, 4) is 0 Å². The first-order chi connectivity index (χ1) is 11.2. The van der Waals surface area contributed by atoms with E-state index in [2.05, 4.69) is 10.3 Å². The predicted octanol–water partition coefficient (Wildman–Crippen LogP) is 2.36. The monoisotopic (exact) mass is 367 g/mol. The number of hydrogen-bond acceptors (Lipinski definition) is 7. The first-order valence-corrected chi connectivity index (χ1v) is 9.18. The van der Waals surface area contributed by atoms with Crippen LogP contribution >= 0.6 is 11.3 Å². The summed E-state index contributed by atoms with van der Waals surface area (Å²) in [5.41, 5.74) is 7.57. The summed E-state index contributed by atoms with van der Waals surface area (Å²) in [7, 11) is -4.22. The number of ketones is 1. The van der Waals surface area contributed by atoms with E-state index >= 15 is 0 Å². The van der Waals surface area contributed by atoms with Gasteiger partial charge < -0.3 is 11.1 Å². The summed E-state index contributed by atoms with van der Waals surface area (Å²) in [5, 5.41) is 3.48. The fraction of sp³-hybridized carbons (Fsp3) is 0.200. The number of nitrogens with two attached hydrogens (primary N) is 1. The molecular weight excluding hydrogens is 350 g/mol. The molecule has 0 unspecified atom stereocenters. The topological polar surface area (TPSA) is 122 Å². The van der Waals surface area contributed by atoms with Crippen LogP contribution in [0.15, 0.2) is 34.7 Å². The second kappa shape index (κ2) is 7.12. The van der Waals surface area contributed by atoms with Crippen molar-refractivity contribution in [2.24, 2.45) is 0 Å². The van der Waals surface area contributed by atoms with Crippen LogP contribution in [0.2, 0.25) is 0 Å². The number of benzene rings is 1. The average Bonchev–Trinajstić information content (AvgIpc) is 2.80. The maximum absolute atomic E-state index is 11.8. The zero-order valence-electron chi connectivity index (χ0n) is 13.1. The first kappa shape index (κ1) is 18.1. The molecule has 1 aromatic carbocycles. The van der Waals surface area contributed by atoms with Gasteiger partial charge in [0.2, 0.25) is 0 Å². The number of carbonyl (C=O) groups is 1. The molecule has 0 aliphatic carbocycles. The van der Waals surface area contributed by atoms with Crippen molar-refractivity contribution >= 4 is 44.1 Å². The van der Waals surface area contributed by atoms with Gasteiger partial charge in [0.25, 0.3) is 10.1 Å². The van der Waals surface area contributed by atoms with Gasteiger partial charge in [0.05, 0.1) is 15.5 Å². The Labute approximate surface area is 144 Å². The van der Waals surface area contributed by atoms with Crippen molar-refractivity contribution < 1.29 is 17.8 Å². The van der Waals surface area contributed by atoms with E-state index in [1.54, 1.807) is 6.08 Å². The van der Waals surface area contributed by atoms with Crippen molar-refractivity contribution in [3.63, 3.8) is 0 Å². The molecule has 24 heavy (non-hydrogen) atoms. The number of aromatic nitrogens is 1. The average molecular weight is 367 g/mol. The molecule has 7 nitrogen and oxygen atoms in total. The van der Waals surface area contributed by atoms with Gasteiger partial charge in [-0.2, -0.15) is 8.42 Å². The molecule has 0 atom stereocenters. The van der Waals surface area contributed by atoms with Crippen molar-refractivity contribution in [1.82, 2.24) is 4.98 Å². The number of aryl methyl sites for hydroxylation is 1. The summed E-state index contributed by atoms with van der Waals surface area (Å²) >= 11 is 1.30. The second-order valence-electron chi connectivity index (χ2n) is 5.08. The number of thiazole rings is 1. The first-order valence-electron chi connectivity index (χ1n) is 6.92. The molecule has 0 fully saturated rings. The van der Waals surface area contributed by atoms with Crippen LogP contribution in [0, 0.1) is 6.92 Å². The lowest BCUT2D eigenvalue weighted by atomic mass is 10.1. The third-order valence-corrected chi connectivity index (χ3v) is 5.04. The molecule has 2 aromatic rings. The molecular formula is C15H17N3O4S2. The van der Waals surface area contributed by atoms with Crippen LogP contribution in [0.25, 0.3) is 6.08 Å². The molecule has 0 radical (unpaired) electrons. The van der Waals surface area contributed by atoms with Gasteiger partial charge in [-0.25, -0.2) is 4.98 Å². The van der Waals surface area contributed by atoms with E-state index in [4.69, 9.17) is 10.3 Å². The Hall–Kier alpha value is -2.23. The van der Waals surface area contributed by atoms with Crippen LogP contribution in [0.3, 0.4) is 0 Å². The Morgan fingerprint density at radius 1 is 1.38 bits per heavy atom. The molecule has 4 N–H and O–H groups in total. The highest BCUT2D eigenvalue weighted by Gasteiger charge is 2.10. The van der Waals surface area contributed by atoms with Crippen LogP contribution in [0.5, 0.6) is 0 Å². The van der Waals surface area contributed by atoms with Gasteiger partial charge in [-0.1, -0.05) is 11.3 Å². The van der Waals surface area contributed by atoms with E-state index in [0.29, 0.717) is 16.4 Å². The van der Waals surface area contributed by atoms with Crippen LogP contribution in [0.4, 0.5) is 10.8 Å². The summed E-state index contributed by atoms with van der Waals surface area (Å²) in [6.07, 6.45) is 1.74. The highest BCUT2D eigenvalue weighted by molar-refractivity contribution is 7.85. The number of anilines is 2. The lowest BCUT2D eigenvalue weighted by Crippen LogP contribution is -2.10. The molecule has 0 saturated heterocycles. The van der Waals surface area contributed by atoms with E-state index in [1.807, 2.05) is 6.92 Å². The van der Waals surface area contributed by atoms with Gasteiger partial charge in [-0.3, -0.25) is 9.35 Å². The Kier molecular flexibility index (Phi) is 5.37. The zero-order chi connectivity index (χ0) is 17.9. The van der Waals surface area contributed by atoms with Gasteiger partial charge >= 0.3 is 0 Å². The Morgan fingerprint density at radius 3 is 2.46 bits per heavy atom. The molecule has 2 rings (SSSR count). The maximum atomic E-state index is 11.8. The van der Waals surface area contributed by atoms with Crippen molar-refractivity contribution in [3.05, 3.63) is 40.4 Å². The lowest BCUT2D eigenvalue weighted by Gasteiger charge is -2.08. The Bertz CT molecular complexity index is 884. The predicted molar refractivity (Wildman–Crippen MR) is 94.7 cm³/mol. The second-order valence-corrected chi connectivity index (χ2v) is 7.56. The quantitative estimate of drug-likeness (QED) is 0.529. The normalized spacial score (nSPS) is 12.2. The van der Waals surface area contributed by atoms with Crippen LogP contribution in [-0.4, -0.2) is 30.3 Å². The van der Waals surface area contributed by atoms with Crippen molar-refractivity contribution in [1.29, 1.82) is 0 Å². The minimum Gasteiger partial charge on any atom is -0.381 e. The van der Waals surface area contributed by atoms with Crippen molar-refractivity contribution in [2.45, 2.75) is 18.7 Å². The molecule has 1 heterocycles. The summed E-state index contributed by atoms with van der Waals surface area (Å²) in [6.45, 7) is 3.55. The number of hydrogen-bond donors (Lipinski definition) is 3. The molecule has 9 heteroatoms. The highest BCUT2D eigenvalue weighted by Crippen LogP contribution is 2.23. The zero-order valence-corrected chi connectivity index (χ0v) is 14.7. The van der Waals surface area contributed by atoms with Gasteiger partial charge in [-0.05, 0) is 44.2 Å². The van der Waals surface area contributed by atoms with Crippen LogP contribution in [0.1, 0.15) is 17.5 Å². The van der Waals surface area contributed by atoms with Crippen LogP contribution < -0.4 is 11.1 Å². The minimum atomic E-state index is -4.22. The highest BCUT2D eigenvalue weighted by atomic mass is 32.2. The molecule has 0 spiro atoms. The molecule has 0 bridgehead atoms. The number of carbonyl (C=O) groups excluding carboxylic acids is 1. The maximum Gasteiger partial charge on any atom is 0.294 e. The lowest BCUT2D eigenvalue weighted by molar-refractivity contribution is -0.113. The van der Waals surface area contributed by atoms with E-state index in [0.717, 1.165) is 10.6 Å². The smallest absolute Gasteiger partial charge is 0.294 e. The molecule has 1 aromatic heterocycles. The molecule has 0 aliphatic heterocycles. The minimum absolute atomic E-state index is 0.0940. The van der Waals surface area contributed by atoms with E-state index in [1.165, 1.54) is 42.5 Å². The summed E-state index contributed by atoms with van der Waals surface area (Å²) < 4.78 is 31.0. The number of nitrogens with zero attached hydrogens (tertiary/aromatic N) is 1. The largest absolute Gasteiger partial charge is 0.381 e. The van der Waals surface area contributed by atoms with Gasteiger partial charge in [0.1, 0.15) is 0 Å².